The van der Waals surface area contributed by atoms with Gasteiger partial charge < -0.3 is 19.5 Å². The Morgan fingerprint density at radius 1 is 1.34 bits per heavy atom. The van der Waals surface area contributed by atoms with Crippen LogP contribution in [0.5, 0.6) is 5.75 Å². The van der Waals surface area contributed by atoms with Gasteiger partial charge in [0.25, 0.3) is 0 Å². The lowest BCUT2D eigenvalue weighted by Crippen LogP contribution is -2.29. The molecule has 0 unspecified atom stereocenters. The summed E-state index contributed by atoms with van der Waals surface area (Å²) in [5.41, 5.74) is 2.67. The molecule has 5 nitrogen and oxygen atoms in total. The molecule has 7 heteroatoms. The standard InChI is InChI=1S/C25H29FN2O3S/c1-2-28-11-3-4-18(28)7-5-15-12-17(26)6-10-22(15)32-27-21-9-8-19-20-13-16(20)14-31-24(19)23(21)25(29)30/h6,8-10,12,16,18,20,27H,2-5,7,11,13-14H2,1H3,(H,29,30)/t16-,18-,20-/m0/s1. The molecule has 3 atom stereocenters. The molecule has 1 saturated carbocycles. The van der Waals surface area contributed by atoms with Crippen LogP contribution < -0.4 is 9.46 Å². The molecule has 0 spiro atoms. The first-order valence-electron chi connectivity index (χ1n) is 11.5. The lowest BCUT2D eigenvalue weighted by atomic mass is 10.0. The second-order valence-corrected chi connectivity index (χ2v) is 9.89. The first-order valence-corrected chi connectivity index (χ1v) is 12.3. The summed E-state index contributed by atoms with van der Waals surface area (Å²) >= 11 is 1.34. The van der Waals surface area contributed by atoms with E-state index in [-0.39, 0.29) is 11.4 Å². The molecule has 2 aromatic carbocycles. The van der Waals surface area contributed by atoms with Crippen LogP contribution >= 0.6 is 11.9 Å². The average molecular weight is 457 g/mol. The lowest BCUT2D eigenvalue weighted by Gasteiger charge is -2.23. The number of likely N-dealkylation sites (tertiary alicyclic amines) is 1. The molecule has 32 heavy (non-hydrogen) atoms. The Kier molecular flexibility index (Phi) is 6.03. The molecule has 2 fully saturated rings. The third kappa shape index (κ3) is 4.20. The summed E-state index contributed by atoms with van der Waals surface area (Å²) in [5.74, 6) is 0.227. The number of anilines is 1. The van der Waals surface area contributed by atoms with Crippen LogP contribution in [-0.2, 0) is 6.42 Å². The zero-order valence-electron chi connectivity index (χ0n) is 18.3. The van der Waals surface area contributed by atoms with Crippen LogP contribution in [0.25, 0.3) is 0 Å². The van der Waals surface area contributed by atoms with Crippen LogP contribution in [0.2, 0.25) is 0 Å². The SMILES string of the molecule is CCN1CCC[C@H]1CCc1cc(F)ccc1SNc1ccc2c(c1C(=O)O)OC[C@@H]1C[C@H]21. The van der Waals surface area contributed by atoms with Crippen molar-refractivity contribution < 1.29 is 19.0 Å². The summed E-state index contributed by atoms with van der Waals surface area (Å²) in [6, 6.07) is 9.22. The fourth-order valence-electron chi connectivity index (χ4n) is 5.26. The number of hydrogen-bond donors (Lipinski definition) is 2. The van der Waals surface area contributed by atoms with Gasteiger partial charge in [-0.1, -0.05) is 13.0 Å². The van der Waals surface area contributed by atoms with E-state index in [0.29, 0.717) is 35.9 Å². The number of fused-ring (bicyclic) bond motifs is 3. The van der Waals surface area contributed by atoms with Gasteiger partial charge in [-0.15, -0.1) is 0 Å². The predicted octanol–water partition coefficient (Wildman–Crippen LogP) is 5.56. The highest BCUT2D eigenvalue weighted by molar-refractivity contribution is 8.00. The third-order valence-corrected chi connectivity index (χ3v) is 8.05. The highest BCUT2D eigenvalue weighted by Gasteiger charge is 2.45. The van der Waals surface area contributed by atoms with E-state index in [1.165, 1.54) is 30.9 Å². The van der Waals surface area contributed by atoms with Gasteiger partial charge in [0.1, 0.15) is 17.1 Å². The van der Waals surface area contributed by atoms with Gasteiger partial charge >= 0.3 is 5.97 Å². The fourth-order valence-corrected chi connectivity index (χ4v) is 6.08. The predicted molar refractivity (Wildman–Crippen MR) is 124 cm³/mol. The number of nitrogens with zero attached hydrogens (tertiary/aromatic N) is 1. The molecular weight excluding hydrogens is 427 g/mol. The van der Waals surface area contributed by atoms with Crippen molar-refractivity contribution >= 4 is 23.6 Å². The molecule has 0 aromatic heterocycles. The molecule has 1 aliphatic carbocycles. The van der Waals surface area contributed by atoms with E-state index in [1.54, 1.807) is 12.1 Å². The molecule has 5 rings (SSSR count). The number of nitrogens with one attached hydrogen (secondary N) is 1. The Hall–Kier alpha value is -2.25. The fraction of sp³-hybridized carbons (Fsp3) is 0.480. The minimum absolute atomic E-state index is 0.188. The van der Waals surface area contributed by atoms with Crippen LogP contribution in [0, 0.1) is 11.7 Å². The van der Waals surface area contributed by atoms with Crippen LogP contribution in [0.15, 0.2) is 35.2 Å². The number of aromatic carboxylic acids is 1. The largest absolute Gasteiger partial charge is 0.492 e. The summed E-state index contributed by atoms with van der Waals surface area (Å²) in [7, 11) is 0. The second-order valence-electron chi connectivity index (χ2n) is 9.04. The number of aryl methyl sites for hydroxylation is 1. The topological polar surface area (TPSA) is 61.8 Å². The maximum absolute atomic E-state index is 14.0. The number of carbonyl (C=O) groups is 1. The zero-order valence-corrected chi connectivity index (χ0v) is 19.1. The Morgan fingerprint density at radius 3 is 3.03 bits per heavy atom. The molecule has 1 saturated heterocycles. The van der Waals surface area contributed by atoms with Gasteiger partial charge in [0.05, 0.1) is 12.3 Å². The number of hydrogen-bond acceptors (Lipinski definition) is 5. The summed E-state index contributed by atoms with van der Waals surface area (Å²) in [6.07, 6.45) is 5.29. The number of halogens is 1. The van der Waals surface area contributed by atoms with E-state index in [0.717, 1.165) is 48.4 Å². The van der Waals surface area contributed by atoms with Crippen LogP contribution in [0.4, 0.5) is 10.1 Å². The Balaban J connectivity index is 1.33. The molecule has 170 valence electrons. The molecule has 3 aliphatic rings. The van der Waals surface area contributed by atoms with Crippen molar-refractivity contribution in [3.63, 3.8) is 0 Å². The van der Waals surface area contributed by atoms with Crippen molar-refractivity contribution in [2.45, 2.75) is 55.9 Å². The normalized spacial score (nSPS) is 23.9. The molecular formula is C25H29FN2O3S. The highest BCUT2D eigenvalue weighted by Crippen LogP contribution is 2.55. The highest BCUT2D eigenvalue weighted by atomic mass is 32.2. The van der Waals surface area contributed by atoms with Gasteiger partial charge in [0.15, 0.2) is 0 Å². The monoisotopic (exact) mass is 456 g/mol. The van der Waals surface area contributed by atoms with E-state index in [2.05, 4.69) is 16.5 Å². The van der Waals surface area contributed by atoms with Crippen molar-refractivity contribution in [3.8, 4) is 5.75 Å². The summed E-state index contributed by atoms with van der Waals surface area (Å²) in [5, 5.41) is 9.88. The minimum Gasteiger partial charge on any atom is -0.492 e. The molecule has 2 heterocycles. The zero-order chi connectivity index (χ0) is 22.2. The first kappa shape index (κ1) is 21.6. The number of rotatable bonds is 8. The minimum atomic E-state index is -0.996. The Bertz CT molecular complexity index is 1030. The van der Waals surface area contributed by atoms with Crippen molar-refractivity contribution in [1.29, 1.82) is 0 Å². The van der Waals surface area contributed by atoms with Crippen molar-refractivity contribution in [2.24, 2.45) is 5.92 Å². The third-order valence-electron chi connectivity index (χ3n) is 7.11. The number of carboxylic acids is 1. The molecule has 2 aromatic rings. The maximum Gasteiger partial charge on any atom is 0.341 e. The maximum atomic E-state index is 14.0. The number of carboxylic acid groups (broad SMARTS) is 1. The lowest BCUT2D eigenvalue weighted by molar-refractivity contribution is 0.0692. The van der Waals surface area contributed by atoms with Gasteiger partial charge in [-0.25, -0.2) is 9.18 Å². The molecule has 0 amide bonds. The van der Waals surface area contributed by atoms with Crippen molar-refractivity contribution in [1.82, 2.24) is 4.90 Å². The number of benzene rings is 2. The van der Waals surface area contributed by atoms with E-state index in [9.17, 15) is 14.3 Å². The van der Waals surface area contributed by atoms with E-state index >= 15 is 0 Å². The van der Waals surface area contributed by atoms with E-state index < -0.39 is 5.97 Å². The Morgan fingerprint density at radius 2 is 2.22 bits per heavy atom. The van der Waals surface area contributed by atoms with E-state index in [4.69, 9.17) is 4.74 Å². The van der Waals surface area contributed by atoms with Crippen molar-refractivity contribution in [2.75, 3.05) is 24.4 Å². The van der Waals surface area contributed by atoms with Crippen molar-refractivity contribution in [3.05, 3.63) is 52.8 Å². The quantitative estimate of drug-likeness (QED) is 0.508. The summed E-state index contributed by atoms with van der Waals surface area (Å²) in [4.78, 5) is 15.5. The van der Waals surface area contributed by atoms with Crippen LogP contribution in [-0.4, -0.2) is 41.7 Å². The van der Waals surface area contributed by atoms with Gasteiger partial charge in [-0.05, 0) is 98.5 Å². The molecule has 0 bridgehead atoms. The van der Waals surface area contributed by atoms with Gasteiger partial charge in [0.2, 0.25) is 0 Å². The summed E-state index contributed by atoms with van der Waals surface area (Å²) < 4.78 is 23.1. The Labute approximate surface area is 192 Å². The molecule has 2 aliphatic heterocycles. The second kappa shape index (κ2) is 8.94. The first-order chi connectivity index (χ1) is 15.5. The smallest absolute Gasteiger partial charge is 0.341 e. The number of ether oxygens (including phenoxy) is 1. The van der Waals surface area contributed by atoms with Gasteiger partial charge in [-0.3, -0.25) is 0 Å². The van der Waals surface area contributed by atoms with Crippen LogP contribution in [0.3, 0.4) is 0 Å². The van der Waals surface area contributed by atoms with Gasteiger partial charge in [0, 0.05) is 16.9 Å². The average Bonchev–Trinajstić information content (AvgIpc) is 3.45. The molecule has 0 radical (unpaired) electrons. The van der Waals surface area contributed by atoms with Gasteiger partial charge in [-0.2, -0.15) is 0 Å². The molecule has 2 N–H and O–H groups in total. The van der Waals surface area contributed by atoms with E-state index in [1.807, 2.05) is 12.1 Å². The summed E-state index contributed by atoms with van der Waals surface area (Å²) in [6.45, 7) is 4.98. The van der Waals surface area contributed by atoms with Crippen LogP contribution in [0.1, 0.15) is 60.0 Å².